The summed E-state index contributed by atoms with van der Waals surface area (Å²) in [7, 11) is 0. The number of benzene rings is 3. The number of aromatic nitrogens is 2. The van der Waals surface area contributed by atoms with Crippen molar-refractivity contribution in [2.45, 2.75) is 26.1 Å². The minimum atomic E-state index is -4.87. The molecule has 1 heterocycles. The van der Waals surface area contributed by atoms with Gasteiger partial charge in [0, 0.05) is 0 Å². The second-order valence-electron chi connectivity index (χ2n) is 7.86. The van der Waals surface area contributed by atoms with E-state index in [1.54, 1.807) is 31.2 Å². The van der Waals surface area contributed by atoms with Gasteiger partial charge >= 0.3 is 6.18 Å². The number of carbonyl (C=O) groups is 2. The van der Waals surface area contributed by atoms with Crippen molar-refractivity contribution in [1.82, 2.24) is 20.6 Å². The Labute approximate surface area is 198 Å². The van der Waals surface area contributed by atoms with E-state index >= 15 is 0 Å². The molecule has 0 aliphatic rings. The quantitative estimate of drug-likeness (QED) is 0.408. The predicted molar refractivity (Wildman–Crippen MR) is 123 cm³/mol. The number of carbonyl (C=O) groups excluding carboxylic acids is 2. The Morgan fingerprint density at radius 1 is 0.971 bits per heavy atom. The molecule has 4 rings (SSSR count). The fourth-order valence-electron chi connectivity index (χ4n) is 3.45. The molecule has 1 atom stereocenters. The topological polar surface area (TPSA) is 85.3 Å². The first-order chi connectivity index (χ1) is 16.6. The Hall–Kier alpha value is -4.34. The van der Waals surface area contributed by atoms with Gasteiger partial charge in [0.1, 0.15) is 5.75 Å². The summed E-state index contributed by atoms with van der Waals surface area (Å²) in [5, 5.41) is 5.65. The number of hydrazine groups is 1. The number of ether oxygens (including phenoxy) is 1. The fourth-order valence-corrected chi connectivity index (χ4v) is 3.45. The lowest BCUT2D eigenvalue weighted by atomic mass is 10.1. The molecule has 2 amide bonds. The molecule has 4 aromatic rings. The minimum Gasteiger partial charge on any atom is -0.481 e. The summed E-state index contributed by atoms with van der Waals surface area (Å²) in [5.41, 5.74) is 3.12. The predicted octanol–water partition coefficient (Wildman–Crippen LogP) is 4.58. The van der Waals surface area contributed by atoms with Crippen LogP contribution in [0.15, 0.2) is 72.9 Å². The molecule has 10 heteroatoms. The standard InChI is InChI=1S/C25H21F3N4O3/c1-15-7-10-19(11-8-15)32-22(25(26,27)28)21(14-29-32)24(34)31-30-23(33)16(2)35-20-12-9-17-5-3-4-6-18(17)13-20/h3-14,16H,1-2H3,(H,30,33)(H,31,34). The van der Waals surface area contributed by atoms with E-state index in [4.69, 9.17) is 4.74 Å². The van der Waals surface area contributed by atoms with E-state index in [-0.39, 0.29) is 5.69 Å². The van der Waals surface area contributed by atoms with E-state index in [1.165, 1.54) is 19.1 Å². The highest BCUT2D eigenvalue weighted by molar-refractivity contribution is 5.97. The second kappa shape index (κ2) is 9.49. The summed E-state index contributed by atoms with van der Waals surface area (Å²) in [5.74, 6) is -1.48. The fraction of sp³-hybridized carbons (Fsp3) is 0.160. The third kappa shape index (κ3) is 5.26. The number of nitrogens with one attached hydrogen (secondary N) is 2. The van der Waals surface area contributed by atoms with Crippen LogP contribution in [0, 0.1) is 6.92 Å². The lowest BCUT2D eigenvalue weighted by molar-refractivity contribution is -0.143. The van der Waals surface area contributed by atoms with Crippen LogP contribution < -0.4 is 15.6 Å². The first-order valence-electron chi connectivity index (χ1n) is 10.6. The molecule has 0 radical (unpaired) electrons. The SMILES string of the molecule is Cc1ccc(-n2ncc(C(=O)NNC(=O)C(C)Oc3ccc4ccccc4c3)c2C(F)(F)F)cc1. The van der Waals surface area contributed by atoms with Crippen molar-refractivity contribution >= 4 is 22.6 Å². The smallest absolute Gasteiger partial charge is 0.434 e. The molecule has 7 nitrogen and oxygen atoms in total. The number of aryl methyl sites for hydroxylation is 1. The molecule has 0 aliphatic carbocycles. The third-order valence-corrected chi connectivity index (χ3v) is 5.26. The first-order valence-corrected chi connectivity index (χ1v) is 10.6. The van der Waals surface area contributed by atoms with Gasteiger partial charge in [0.15, 0.2) is 11.8 Å². The maximum absolute atomic E-state index is 13.8. The normalized spacial score (nSPS) is 12.3. The van der Waals surface area contributed by atoms with E-state index in [2.05, 4.69) is 10.5 Å². The van der Waals surface area contributed by atoms with Crippen LogP contribution in [-0.2, 0) is 11.0 Å². The highest BCUT2D eigenvalue weighted by Gasteiger charge is 2.40. The van der Waals surface area contributed by atoms with Gasteiger partial charge in [-0.1, -0.05) is 48.0 Å². The van der Waals surface area contributed by atoms with Gasteiger partial charge in [-0.2, -0.15) is 18.3 Å². The molecule has 35 heavy (non-hydrogen) atoms. The van der Waals surface area contributed by atoms with E-state index < -0.39 is 35.4 Å². The van der Waals surface area contributed by atoms with Crippen molar-refractivity contribution in [3.63, 3.8) is 0 Å². The van der Waals surface area contributed by atoms with Gasteiger partial charge in [0.05, 0.1) is 17.4 Å². The van der Waals surface area contributed by atoms with E-state index in [0.717, 1.165) is 22.5 Å². The molecule has 0 spiro atoms. The molecule has 180 valence electrons. The average Bonchev–Trinajstić information content (AvgIpc) is 3.29. The molecule has 3 aromatic carbocycles. The van der Waals surface area contributed by atoms with E-state index in [1.807, 2.05) is 35.8 Å². The van der Waals surface area contributed by atoms with E-state index in [9.17, 15) is 22.8 Å². The van der Waals surface area contributed by atoms with Gasteiger partial charge in [-0.25, -0.2) is 4.68 Å². The number of nitrogens with zero attached hydrogens (tertiary/aromatic N) is 2. The van der Waals surface area contributed by atoms with Crippen LogP contribution in [0.2, 0.25) is 0 Å². The number of rotatable bonds is 5. The molecule has 0 saturated carbocycles. The Morgan fingerprint density at radius 2 is 1.66 bits per heavy atom. The summed E-state index contributed by atoms with van der Waals surface area (Å²) in [6.07, 6.45) is -5.10. The second-order valence-corrected chi connectivity index (χ2v) is 7.86. The van der Waals surface area contributed by atoms with Crippen molar-refractivity contribution < 1.29 is 27.5 Å². The van der Waals surface area contributed by atoms with Gasteiger partial charge in [0.25, 0.3) is 11.8 Å². The Kier molecular flexibility index (Phi) is 6.46. The summed E-state index contributed by atoms with van der Waals surface area (Å²) in [6, 6.07) is 19.1. The molecule has 2 N–H and O–H groups in total. The Balaban J connectivity index is 1.45. The van der Waals surface area contributed by atoms with Crippen LogP contribution in [0.1, 0.15) is 28.5 Å². The number of fused-ring (bicyclic) bond motifs is 1. The van der Waals surface area contributed by atoms with Crippen LogP contribution >= 0.6 is 0 Å². The molecule has 0 fully saturated rings. The monoisotopic (exact) mass is 482 g/mol. The van der Waals surface area contributed by atoms with Crippen LogP contribution in [0.5, 0.6) is 5.75 Å². The highest BCUT2D eigenvalue weighted by Crippen LogP contribution is 2.33. The number of hydrogen-bond donors (Lipinski definition) is 2. The van der Waals surface area contributed by atoms with Crippen molar-refractivity contribution in [3.8, 4) is 11.4 Å². The van der Waals surface area contributed by atoms with Crippen LogP contribution in [0.25, 0.3) is 16.5 Å². The number of alkyl halides is 3. The summed E-state index contributed by atoms with van der Waals surface area (Å²) in [4.78, 5) is 24.9. The lowest BCUT2D eigenvalue weighted by Gasteiger charge is -2.16. The number of amides is 2. The van der Waals surface area contributed by atoms with Gasteiger partial charge < -0.3 is 4.74 Å². The highest BCUT2D eigenvalue weighted by atomic mass is 19.4. The summed E-state index contributed by atoms with van der Waals surface area (Å²) < 4.78 is 47.7. The van der Waals surface area contributed by atoms with E-state index in [0.29, 0.717) is 10.4 Å². The molecule has 1 unspecified atom stereocenters. The van der Waals surface area contributed by atoms with Crippen molar-refractivity contribution in [3.05, 3.63) is 89.7 Å². The summed E-state index contributed by atoms with van der Waals surface area (Å²) in [6.45, 7) is 3.25. The average molecular weight is 482 g/mol. The molecule has 1 aromatic heterocycles. The van der Waals surface area contributed by atoms with Crippen molar-refractivity contribution in [2.24, 2.45) is 0 Å². The molecule has 0 aliphatic heterocycles. The lowest BCUT2D eigenvalue weighted by Crippen LogP contribution is -2.47. The van der Waals surface area contributed by atoms with Crippen LogP contribution in [0.4, 0.5) is 13.2 Å². The largest absolute Gasteiger partial charge is 0.481 e. The van der Waals surface area contributed by atoms with Crippen molar-refractivity contribution in [1.29, 1.82) is 0 Å². The van der Waals surface area contributed by atoms with Gasteiger partial charge in [-0.3, -0.25) is 20.4 Å². The van der Waals surface area contributed by atoms with Gasteiger partial charge in [-0.05, 0) is 48.9 Å². The van der Waals surface area contributed by atoms with Crippen LogP contribution in [0.3, 0.4) is 0 Å². The zero-order valence-electron chi connectivity index (χ0n) is 18.8. The minimum absolute atomic E-state index is 0.142. The number of halogens is 3. The maximum atomic E-state index is 13.8. The summed E-state index contributed by atoms with van der Waals surface area (Å²) >= 11 is 0. The zero-order valence-corrected chi connectivity index (χ0v) is 18.8. The first kappa shape index (κ1) is 23.8. The third-order valence-electron chi connectivity index (χ3n) is 5.26. The Morgan fingerprint density at radius 3 is 2.34 bits per heavy atom. The maximum Gasteiger partial charge on any atom is 0.434 e. The van der Waals surface area contributed by atoms with Crippen molar-refractivity contribution in [2.75, 3.05) is 0 Å². The van der Waals surface area contributed by atoms with Gasteiger partial charge in [0.2, 0.25) is 0 Å². The molecule has 0 saturated heterocycles. The molecular formula is C25H21F3N4O3. The zero-order chi connectivity index (χ0) is 25.2. The number of hydrogen-bond acceptors (Lipinski definition) is 4. The molecule has 0 bridgehead atoms. The Bertz CT molecular complexity index is 1380. The molecular weight excluding hydrogens is 461 g/mol. The van der Waals surface area contributed by atoms with Crippen LogP contribution in [-0.4, -0.2) is 27.7 Å². The van der Waals surface area contributed by atoms with Gasteiger partial charge in [-0.15, -0.1) is 0 Å².